The standard InChI is InChI=1S/C9H8BrFO3/c1-13-6-3-5(4-12)7(10)8(11)9(6)14-2/h3-4H,1-2H3. The van der Waals surface area contributed by atoms with Crippen molar-refractivity contribution in [2.24, 2.45) is 0 Å². The molecule has 0 unspecified atom stereocenters. The third kappa shape index (κ3) is 1.72. The normalized spacial score (nSPS) is 9.71. The number of methoxy groups -OCH3 is 2. The van der Waals surface area contributed by atoms with Crippen molar-refractivity contribution in [3.05, 3.63) is 21.9 Å². The first-order valence-corrected chi connectivity index (χ1v) is 4.50. The van der Waals surface area contributed by atoms with Crippen molar-refractivity contribution < 1.29 is 18.7 Å². The van der Waals surface area contributed by atoms with Gasteiger partial charge in [0.05, 0.1) is 18.7 Å². The van der Waals surface area contributed by atoms with Crippen molar-refractivity contribution in [1.29, 1.82) is 0 Å². The minimum Gasteiger partial charge on any atom is -0.493 e. The molecule has 0 amide bonds. The molecule has 14 heavy (non-hydrogen) atoms. The van der Waals surface area contributed by atoms with Gasteiger partial charge in [0.2, 0.25) is 0 Å². The highest BCUT2D eigenvalue weighted by molar-refractivity contribution is 9.10. The van der Waals surface area contributed by atoms with Gasteiger partial charge in [-0.05, 0) is 22.0 Å². The lowest BCUT2D eigenvalue weighted by Gasteiger charge is -2.10. The molecule has 1 aromatic carbocycles. The molecule has 0 aliphatic carbocycles. The molecule has 0 atom stereocenters. The van der Waals surface area contributed by atoms with Crippen LogP contribution in [-0.2, 0) is 0 Å². The molecule has 0 spiro atoms. The van der Waals surface area contributed by atoms with Crippen LogP contribution in [0.15, 0.2) is 10.5 Å². The van der Waals surface area contributed by atoms with Crippen molar-refractivity contribution in [1.82, 2.24) is 0 Å². The van der Waals surface area contributed by atoms with Gasteiger partial charge < -0.3 is 9.47 Å². The van der Waals surface area contributed by atoms with Crippen LogP contribution in [0.4, 0.5) is 4.39 Å². The second-order valence-corrected chi connectivity index (χ2v) is 3.24. The highest BCUT2D eigenvalue weighted by Crippen LogP contribution is 2.36. The van der Waals surface area contributed by atoms with E-state index in [-0.39, 0.29) is 21.5 Å². The van der Waals surface area contributed by atoms with E-state index < -0.39 is 5.82 Å². The second-order valence-electron chi connectivity index (χ2n) is 2.45. The van der Waals surface area contributed by atoms with Crippen molar-refractivity contribution in [3.8, 4) is 11.5 Å². The maximum atomic E-state index is 13.5. The van der Waals surface area contributed by atoms with E-state index in [1.165, 1.54) is 20.3 Å². The highest BCUT2D eigenvalue weighted by atomic mass is 79.9. The van der Waals surface area contributed by atoms with Gasteiger partial charge in [0.1, 0.15) is 0 Å². The molecule has 0 aromatic heterocycles. The van der Waals surface area contributed by atoms with E-state index in [1.807, 2.05) is 0 Å². The lowest BCUT2D eigenvalue weighted by atomic mass is 10.2. The monoisotopic (exact) mass is 262 g/mol. The fraction of sp³-hybridized carbons (Fsp3) is 0.222. The molecule has 0 radical (unpaired) electrons. The van der Waals surface area contributed by atoms with Crippen LogP contribution in [0.5, 0.6) is 11.5 Å². The third-order valence-corrected chi connectivity index (χ3v) is 2.51. The summed E-state index contributed by atoms with van der Waals surface area (Å²) < 4.78 is 23.2. The van der Waals surface area contributed by atoms with Crippen molar-refractivity contribution in [2.75, 3.05) is 14.2 Å². The van der Waals surface area contributed by atoms with Gasteiger partial charge in [-0.2, -0.15) is 0 Å². The van der Waals surface area contributed by atoms with Gasteiger partial charge in [-0.25, -0.2) is 4.39 Å². The van der Waals surface area contributed by atoms with Crippen LogP contribution in [0.2, 0.25) is 0 Å². The topological polar surface area (TPSA) is 35.5 Å². The Labute approximate surface area is 88.9 Å². The average Bonchev–Trinajstić information content (AvgIpc) is 2.21. The summed E-state index contributed by atoms with van der Waals surface area (Å²) in [5.74, 6) is -0.478. The minimum atomic E-state index is -0.644. The van der Waals surface area contributed by atoms with E-state index in [4.69, 9.17) is 9.47 Å². The maximum absolute atomic E-state index is 13.5. The number of ether oxygens (including phenoxy) is 2. The predicted octanol–water partition coefficient (Wildman–Crippen LogP) is 2.42. The average molecular weight is 263 g/mol. The minimum absolute atomic E-state index is 0.0232. The van der Waals surface area contributed by atoms with Crippen LogP contribution in [-0.4, -0.2) is 20.5 Å². The molecule has 0 saturated heterocycles. The summed E-state index contributed by atoms with van der Waals surface area (Å²) in [7, 11) is 2.70. The molecule has 0 heterocycles. The Morgan fingerprint density at radius 2 is 2.07 bits per heavy atom. The summed E-state index contributed by atoms with van der Waals surface area (Å²) >= 11 is 2.95. The molecule has 0 saturated carbocycles. The maximum Gasteiger partial charge on any atom is 0.198 e. The molecule has 0 aliphatic rings. The number of halogens is 2. The van der Waals surface area contributed by atoms with E-state index in [9.17, 15) is 9.18 Å². The molecule has 0 fully saturated rings. The summed E-state index contributed by atoms with van der Waals surface area (Å²) in [5, 5.41) is 0. The zero-order valence-corrected chi connectivity index (χ0v) is 9.22. The number of carbonyl (C=O) groups excluding carboxylic acids is 1. The van der Waals surface area contributed by atoms with Crippen LogP contribution >= 0.6 is 15.9 Å². The highest BCUT2D eigenvalue weighted by Gasteiger charge is 2.17. The van der Waals surface area contributed by atoms with E-state index in [1.54, 1.807) is 0 Å². The van der Waals surface area contributed by atoms with Gasteiger partial charge in [-0.15, -0.1) is 0 Å². The van der Waals surface area contributed by atoms with E-state index >= 15 is 0 Å². The molecule has 1 aromatic rings. The van der Waals surface area contributed by atoms with Gasteiger partial charge in [-0.1, -0.05) is 0 Å². The Bertz CT molecular complexity index is 366. The van der Waals surface area contributed by atoms with E-state index in [0.717, 1.165) is 0 Å². The first kappa shape index (κ1) is 11.0. The molecular weight excluding hydrogens is 255 g/mol. The first-order chi connectivity index (χ1) is 6.65. The smallest absolute Gasteiger partial charge is 0.198 e. The zero-order valence-electron chi connectivity index (χ0n) is 7.64. The number of rotatable bonds is 3. The van der Waals surface area contributed by atoms with Crippen molar-refractivity contribution in [3.63, 3.8) is 0 Å². The lowest BCUT2D eigenvalue weighted by molar-refractivity contribution is 0.112. The number of hydrogen-bond donors (Lipinski definition) is 0. The first-order valence-electron chi connectivity index (χ1n) is 3.70. The molecule has 0 bridgehead atoms. The number of aldehydes is 1. The molecule has 0 aliphatic heterocycles. The molecule has 1 rings (SSSR count). The summed E-state index contributed by atoms with van der Waals surface area (Å²) in [5.41, 5.74) is 0.181. The summed E-state index contributed by atoms with van der Waals surface area (Å²) in [6.07, 6.45) is 0.537. The lowest BCUT2D eigenvalue weighted by Crippen LogP contribution is -1.97. The Balaban J connectivity index is 3.45. The summed E-state index contributed by atoms with van der Waals surface area (Å²) in [6, 6.07) is 1.40. The summed E-state index contributed by atoms with van der Waals surface area (Å²) in [6.45, 7) is 0. The number of carbonyl (C=O) groups is 1. The molecule has 3 nitrogen and oxygen atoms in total. The SMILES string of the molecule is COc1cc(C=O)c(Br)c(F)c1OC. The predicted molar refractivity (Wildman–Crippen MR) is 52.6 cm³/mol. The van der Waals surface area contributed by atoms with Crippen LogP contribution in [0.3, 0.4) is 0 Å². The van der Waals surface area contributed by atoms with Crippen LogP contribution in [0.1, 0.15) is 10.4 Å². The quantitative estimate of drug-likeness (QED) is 0.785. The largest absolute Gasteiger partial charge is 0.493 e. The van der Waals surface area contributed by atoms with Crippen LogP contribution in [0.25, 0.3) is 0 Å². The Morgan fingerprint density at radius 1 is 1.43 bits per heavy atom. The van der Waals surface area contributed by atoms with Gasteiger partial charge in [0.25, 0.3) is 0 Å². The van der Waals surface area contributed by atoms with E-state index in [0.29, 0.717) is 6.29 Å². The number of hydrogen-bond acceptors (Lipinski definition) is 3. The Morgan fingerprint density at radius 3 is 2.50 bits per heavy atom. The zero-order chi connectivity index (χ0) is 10.7. The Hall–Kier alpha value is -1.10. The molecular formula is C9H8BrFO3. The van der Waals surface area contributed by atoms with Gasteiger partial charge >= 0.3 is 0 Å². The van der Waals surface area contributed by atoms with Gasteiger partial charge in [-0.3, -0.25) is 4.79 Å². The Kier molecular flexibility index (Phi) is 3.46. The number of benzene rings is 1. The van der Waals surface area contributed by atoms with Gasteiger partial charge in [0.15, 0.2) is 23.6 Å². The second kappa shape index (κ2) is 4.41. The molecule has 5 heteroatoms. The van der Waals surface area contributed by atoms with Crippen molar-refractivity contribution >= 4 is 22.2 Å². The molecule has 76 valence electrons. The van der Waals surface area contributed by atoms with Crippen molar-refractivity contribution in [2.45, 2.75) is 0 Å². The van der Waals surface area contributed by atoms with Crippen LogP contribution < -0.4 is 9.47 Å². The third-order valence-electron chi connectivity index (χ3n) is 1.71. The fourth-order valence-corrected chi connectivity index (χ4v) is 1.42. The van der Waals surface area contributed by atoms with E-state index in [2.05, 4.69) is 15.9 Å². The fourth-order valence-electron chi connectivity index (χ4n) is 1.03. The van der Waals surface area contributed by atoms with Gasteiger partial charge in [0, 0.05) is 5.56 Å². The molecule has 0 N–H and O–H groups in total. The van der Waals surface area contributed by atoms with Crippen LogP contribution in [0, 0.1) is 5.82 Å². The summed E-state index contributed by atoms with van der Waals surface area (Å²) in [4.78, 5) is 10.6.